The largest absolute Gasteiger partial charge is 0.395 e. The first-order valence-corrected chi connectivity index (χ1v) is 6.81. The maximum atomic E-state index is 8.74. The number of hydrazine groups is 2. The summed E-state index contributed by atoms with van der Waals surface area (Å²) in [5.74, 6) is 4.35. The fourth-order valence-corrected chi connectivity index (χ4v) is 0.692. The Balaban J connectivity index is -0.000000244. The lowest BCUT2D eigenvalue weighted by Gasteiger charge is -2.19. The van der Waals surface area contributed by atoms with Gasteiger partial charge in [0, 0.05) is 26.2 Å². The van der Waals surface area contributed by atoms with Crippen LogP contribution < -0.4 is 28.2 Å². The predicted octanol–water partition coefficient (Wildman–Crippen LogP) is -3.55. The number of rotatable bonds is 6. The second kappa shape index (κ2) is 16.0. The average molecular weight is 319 g/mol. The van der Waals surface area contributed by atoms with Crippen molar-refractivity contribution in [2.24, 2.45) is 17.3 Å². The fourth-order valence-electron chi connectivity index (χ4n) is 0.692. The summed E-state index contributed by atoms with van der Waals surface area (Å²) in [4.78, 5) is 0. The van der Waals surface area contributed by atoms with Crippen molar-refractivity contribution in [3.63, 3.8) is 0 Å². The molecule has 0 amide bonds. The van der Waals surface area contributed by atoms with Gasteiger partial charge in [-0.05, 0) is 0 Å². The molecule has 0 aromatic carbocycles. The van der Waals surface area contributed by atoms with Gasteiger partial charge in [0.05, 0.1) is 6.61 Å². The molecular weight excluding hydrogens is 294 g/mol. The van der Waals surface area contributed by atoms with Crippen LogP contribution in [0.5, 0.6) is 0 Å². The van der Waals surface area contributed by atoms with Gasteiger partial charge in [-0.15, -0.1) is 0 Å². The highest BCUT2D eigenvalue weighted by atomic mass is 32.3. The van der Waals surface area contributed by atoms with E-state index in [1.54, 1.807) is 0 Å². The summed E-state index contributed by atoms with van der Waals surface area (Å²) in [7, 11) is -4.67. The lowest BCUT2D eigenvalue weighted by Crippen LogP contribution is -2.42. The van der Waals surface area contributed by atoms with Gasteiger partial charge in [-0.3, -0.25) is 25.4 Å². The highest BCUT2D eigenvalue weighted by molar-refractivity contribution is 7.79. The summed E-state index contributed by atoms with van der Waals surface area (Å²) in [6, 6.07) is 0. The first-order chi connectivity index (χ1) is 9.12. The van der Waals surface area contributed by atoms with E-state index in [9.17, 15) is 0 Å². The quantitative estimate of drug-likeness (QED) is 0.0765. The molecular formula is C7H25N7O5S. The minimum Gasteiger partial charge on any atom is -0.395 e. The van der Waals surface area contributed by atoms with E-state index in [-0.39, 0.29) is 12.6 Å². The van der Waals surface area contributed by atoms with Crippen LogP contribution in [0.4, 0.5) is 0 Å². The maximum Gasteiger partial charge on any atom is 0.394 e. The van der Waals surface area contributed by atoms with Crippen LogP contribution in [0, 0.1) is 5.41 Å². The molecule has 13 heteroatoms. The molecule has 0 saturated heterocycles. The van der Waals surface area contributed by atoms with Crippen molar-refractivity contribution in [1.82, 2.24) is 15.9 Å². The number of guanidine groups is 1. The molecule has 0 aliphatic heterocycles. The number of likely N-dealkylation sites (N-methyl/N-ethyl adjacent to an activating group) is 1. The van der Waals surface area contributed by atoms with E-state index in [1.807, 2.05) is 17.4 Å². The van der Waals surface area contributed by atoms with Crippen LogP contribution in [0.1, 0.15) is 6.92 Å². The number of aliphatic hydroxyl groups is 1. The fraction of sp³-hybridized carbons (Fsp3) is 0.857. The van der Waals surface area contributed by atoms with Gasteiger partial charge in [0.15, 0.2) is 5.96 Å². The van der Waals surface area contributed by atoms with Gasteiger partial charge < -0.3 is 16.6 Å². The number of hydrogen-bond acceptors (Lipinski definition) is 8. The van der Waals surface area contributed by atoms with Crippen LogP contribution in [0.2, 0.25) is 0 Å². The number of nitrogens with two attached hydrogens (primary N) is 3. The van der Waals surface area contributed by atoms with Crippen molar-refractivity contribution in [2.45, 2.75) is 6.92 Å². The minimum absolute atomic E-state index is 0.186. The normalized spacial score (nSPS) is 9.95. The lowest BCUT2D eigenvalue weighted by atomic mass is 10.6. The molecule has 12 N–H and O–H groups in total. The maximum absolute atomic E-state index is 8.74. The first kappa shape index (κ1) is 24.0. The van der Waals surface area contributed by atoms with Crippen LogP contribution in [-0.2, 0) is 10.4 Å². The molecule has 0 aliphatic rings. The molecule has 0 unspecified atom stereocenters. The van der Waals surface area contributed by atoms with E-state index >= 15 is 0 Å². The van der Waals surface area contributed by atoms with Gasteiger partial charge in [-0.2, -0.15) is 8.42 Å². The number of aliphatic hydroxyl groups excluding tert-OH is 1. The summed E-state index contributed by atoms with van der Waals surface area (Å²) >= 11 is 0. The molecule has 0 radical (unpaired) electrons. The highest BCUT2D eigenvalue weighted by Crippen LogP contribution is 1.77. The standard InChI is InChI=1S/C6H17N3O.CH6N4.H2O4S/c1-2-9(5-6-10)8-4-3-7;2-1(3)5-4;1-5(2,3)4/h8,10H,2-7H2,1H3;4H2,(H4,2,3,5);(H2,1,2,3,4). The van der Waals surface area contributed by atoms with Crippen LogP contribution in [0.3, 0.4) is 0 Å². The Bertz CT molecular complexity index is 305. The Labute approximate surface area is 118 Å². The lowest BCUT2D eigenvalue weighted by molar-refractivity contribution is 0.151. The molecule has 0 bridgehead atoms. The third-order valence-electron chi connectivity index (χ3n) is 1.39. The molecule has 12 nitrogen and oxygen atoms in total. The zero-order chi connectivity index (χ0) is 16.6. The summed E-state index contributed by atoms with van der Waals surface area (Å²) in [6.07, 6.45) is 0. The van der Waals surface area contributed by atoms with Gasteiger partial charge >= 0.3 is 10.4 Å². The van der Waals surface area contributed by atoms with Gasteiger partial charge in [0.1, 0.15) is 0 Å². The third kappa shape index (κ3) is 43.6. The molecule has 0 aromatic rings. The molecule has 0 spiro atoms. The van der Waals surface area contributed by atoms with E-state index in [2.05, 4.69) is 17.0 Å². The topological polar surface area (TPSA) is 224 Å². The molecule has 0 atom stereocenters. The van der Waals surface area contributed by atoms with Crippen molar-refractivity contribution >= 4 is 16.4 Å². The summed E-state index contributed by atoms with van der Waals surface area (Å²) < 4.78 is 31.6. The second-order valence-electron chi connectivity index (χ2n) is 3.01. The molecule has 124 valence electrons. The van der Waals surface area contributed by atoms with Crippen molar-refractivity contribution in [1.29, 1.82) is 5.41 Å². The smallest absolute Gasteiger partial charge is 0.394 e. The summed E-state index contributed by atoms with van der Waals surface area (Å²) in [6.45, 7) is 5.16. The van der Waals surface area contributed by atoms with Crippen molar-refractivity contribution in [3.05, 3.63) is 0 Å². The molecule has 0 aliphatic carbocycles. The molecule has 20 heavy (non-hydrogen) atoms. The second-order valence-corrected chi connectivity index (χ2v) is 3.90. The molecule has 0 heterocycles. The number of nitrogens with zero attached hydrogens (tertiary/aromatic N) is 1. The van der Waals surface area contributed by atoms with Crippen LogP contribution in [0.15, 0.2) is 0 Å². The van der Waals surface area contributed by atoms with Gasteiger partial charge in [0.25, 0.3) is 0 Å². The minimum atomic E-state index is -4.67. The SMILES string of the molecule is CCN(CCO)NCCN.N=C(N)NN.O=S(=O)(O)O. The Kier molecular flexibility index (Phi) is 19.2. The summed E-state index contributed by atoms with van der Waals surface area (Å²) in [5, 5.41) is 16.8. The highest BCUT2D eigenvalue weighted by Gasteiger charge is 1.96. The van der Waals surface area contributed by atoms with Crippen LogP contribution in [0.25, 0.3) is 0 Å². The van der Waals surface area contributed by atoms with Crippen molar-refractivity contribution in [3.8, 4) is 0 Å². The average Bonchev–Trinajstić information content (AvgIpc) is 2.33. The van der Waals surface area contributed by atoms with Crippen LogP contribution >= 0.6 is 0 Å². The van der Waals surface area contributed by atoms with E-state index < -0.39 is 10.4 Å². The van der Waals surface area contributed by atoms with E-state index in [0.717, 1.165) is 13.1 Å². The van der Waals surface area contributed by atoms with Crippen LogP contribution in [-0.4, -0.2) is 66.4 Å². The predicted molar refractivity (Wildman–Crippen MR) is 74.8 cm³/mol. The Morgan fingerprint density at radius 3 is 2.00 bits per heavy atom. The number of hydrogen-bond donors (Lipinski definition) is 9. The third-order valence-corrected chi connectivity index (χ3v) is 1.39. The van der Waals surface area contributed by atoms with Gasteiger partial charge in [0.2, 0.25) is 0 Å². The summed E-state index contributed by atoms with van der Waals surface area (Å²) in [5.41, 5.74) is 14.9. The van der Waals surface area contributed by atoms with E-state index in [0.29, 0.717) is 13.1 Å². The van der Waals surface area contributed by atoms with Crippen molar-refractivity contribution < 1.29 is 22.6 Å². The first-order valence-electron chi connectivity index (χ1n) is 5.42. The monoisotopic (exact) mass is 319 g/mol. The Morgan fingerprint density at radius 2 is 1.80 bits per heavy atom. The zero-order valence-corrected chi connectivity index (χ0v) is 12.1. The van der Waals surface area contributed by atoms with Gasteiger partial charge in [-0.25, -0.2) is 10.9 Å². The molecule has 0 rings (SSSR count). The molecule has 0 aromatic heterocycles. The van der Waals surface area contributed by atoms with Gasteiger partial charge in [-0.1, -0.05) is 6.92 Å². The Hall–Kier alpha value is -1.06. The molecule has 0 fully saturated rings. The Morgan fingerprint density at radius 1 is 1.40 bits per heavy atom. The number of nitrogens with one attached hydrogen (secondary N) is 3. The zero-order valence-electron chi connectivity index (χ0n) is 11.3. The molecule has 0 saturated carbocycles. The van der Waals surface area contributed by atoms with E-state index in [1.165, 1.54) is 0 Å². The van der Waals surface area contributed by atoms with E-state index in [4.69, 9.17) is 33.8 Å². The van der Waals surface area contributed by atoms with Crippen molar-refractivity contribution in [2.75, 3.05) is 32.8 Å².